The molecule has 2 rings (SSSR count). The summed E-state index contributed by atoms with van der Waals surface area (Å²) in [6.45, 7) is 10.1. The van der Waals surface area contributed by atoms with E-state index in [2.05, 4.69) is 42.9 Å². The number of hydrogen-bond donors (Lipinski definition) is 0. The third kappa shape index (κ3) is 3.35. The molecule has 112 valence electrons. The predicted octanol–water partition coefficient (Wildman–Crippen LogP) is 5.11. The average Bonchev–Trinajstić information content (AvgIpc) is 2.44. The first kappa shape index (κ1) is 15.8. The number of benzene rings is 1. The minimum Gasteiger partial charge on any atom is -0.438 e. The molecule has 0 radical (unpaired) electrons. The fraction of sp³-hybridized carbons (Fsp3) is 0.412. The molecule has 0 spiro atoms. The molecule has 1 aromatic carbocycles. The van der Waals surface area contributed by atoms with Crippen molar-refractivity contribution in [2.75, 3.05) is 0 Å². The van der Waals surface area contributed by atoms with Gasteiger partial charge in [0.25, 0.3) is 0 Å². The van der Waals surface area contributed by atoms with Crippen LogP contribution in [-0.2, 0) is 6.42 Å². The molecule has 0 aliphatic heterocycles. The smallest absolute Gasteiger partial charge is 0.227 e. The van der Waals surface area contributed by atoms with Crippen LogP contribution in [0.2, 0.25) is 5.15 Å². The average molecular weight is 305 g/mol. The topological polar surface area (TPSA) is 35.0 Å². The molecule has 3 nitrogen and oxygen atoms in total. The lowest BCUT2D eigenvalue weighted by molar-refractivity contribution is 0.447. The first-order valence-electron chi connectivity index (χ1n) is 7.21. The Hall–Kier alpha value is -1.61. The quantitative estimate of drug-likeness (QED) is 0.736. The highest BCUT2D eigenvalue weighted by Crippen LogP contribution is 2.32. The lowest BCUT2D eigenvalue weighted by atomic mass is 10.1. The van der Waals surface area contributed by atoms with Crippen molar-refractivity contribution in [3.8, 4) is 11.6 Å². The van der Waals surface area contributed by atoms with Crippen LogP contribution in [-0.4, -0.2) is 9.97 Å². The third-order valence-corrected chi connectivity index (χ3v) is 4.00. The van der Waals surface area contributed by atoms with Crippen molar-refractivity contribution in [1.29, 1.82) is 0 Å². The summed E-state index contributed by atoms with van der Waals surface area (Å²) in [5.74, 6) is 2.14. The van der Waals surface area contributed by atoms with Crippen molar-refractivity contribution in [2.24, 2.45) is 0 Å². The lowest BCUT2D eigenvalue weighted by Crippen LogP contribution is -2.02. The van der Waals surface area contributed by atoms with E-state index < -0.39 is 0 Å². The van der Waals surface area contributed by atoms with Crippen LogP contribution < -0.4 is 4.74 Å². The summed E-state index contributed by atoms with van der Waals surface area (Å²) in [6.07, 6.45) is 1.77. The van der Waals surface area contributed by atoms with Crippen molar-refractivity contribution in [3.05, 3.63) is 45.4 Å². The van der Waals surface area contributed by atoms with E-state index in [1.54, 1.807) is 0 Å². The standard InChI is InChI=1S/C17H21ClN2O/c1-6-7-14-19-16(18)13(5)17(20-14)21-15-11(3)9-8-10(2)12(15)4/h8-9H,6-7H2,1-5H3. The highest BCUT2D eigenvalue weighted by atomic mass is 35.5. The number of aromatic nitrogens is 2. The van der Waals surface area contributed by atoms with E-state index >= 15 is 0 Å². The second-order valence-electron chi connectivity index (χ2n) is 5.37. The molecule has 0 fully saturated rings. The second-order valence-corrected chi connectivity index (χ2v) is 5.72. The minimum atomic E-state index is 0.464. The summed E-state index contributed by atoms with van der Waals surface area (Å²) >= 11 is 6.20. The maximum atomic E-state index is 6.20. The molecular weight excluding hydrogens is 284 g/mol. The van der Waals surface area contributed by atoms with Crippen molar-refractivity contribution in [2.45, 2.75) is 47.5 Å². The van der Waals surface area contributed by atoms with Crippen LogP contribution in [0, 0.1) is 27.7 Å². The Balaban J connectivity index is 2.46. The number of aryl methyl sites for hydroxylation is 3. The summed E-state index contributed by atoms with van der Waals surface area (Å²) in [5.41, 5.74) is 4.18. The van der Waals surface area contributed by atoms with Crippen LogP contribution in [0.25, 0.3) is 0 Å². The molecule has 2 aromatic rings. The van der Waals surface area contributed by atoms with Crippen molar-refractivity contribution < 1.29 is 4.74 Å². The molecule has 0 saturated carbocycles. The van der Waals surface area contributed by atoms with E-state index in [-0.39, 0.29) is 0 Å². The zero-order valence-electron chi connectivity index (χ0n) is 13.2. The van der Waals surface area contributed by atoms with Gasteiger partial charge < -0.3 is 4.74 Å². The Morgan fingerprint density at radius 1 is 1.00 bits per heavy atom. The van der Waals surface area contributed by atoms with Gasteiger partial charge in [-0.2, -0.15) is 4.98 Å². The highest BCUT2D eigenvalue weighted by molar-refractivity contribution is 6.30. The Morgan fingerprint density at radius 3 is 2.33 bits per heavy atom. The summed E-state index contributed by atoms with van der Waals surface area (Å²) in [6, 6.07) is 4.16. The molecule has 21 heavy (non-hydrogen) atoms. The Kier molecular flexibility index (Phi) is 4.84. The van der Waals surface area contributed by atoms with Gasteiger partial charge in [0.1, 0.15) is 16.7 Å². The van der Waals surface area contributed by atoms with Crippen LogP contribution in [0.15, 0.2) is 12.1 Å². The minimum absolute atomic E-state index is 0.464. The fourth-order valence-corrected chi connectivity index (χ4v) is 2.30. The van der Waals surface area contributed by atoms with Gasteiger partial charge in [-0.25, -0.2) is 4.98 Å². The summed E-state index contributed by atoms with van der Waals surface area (Å²) in [4.78, 5) is 8.81. The first-order valence-corrected chi connectivity index (χ1v) is 7.59. The summed E-state index contributed by atoms with van der Waals surface area (Å²) in [5, 5.41) is 0.464. The van der Waals surface area contributed by atoms with Crippen molar-refractivity contribution >= 4 is 11.6 Å². The molecule has 1 aromatic heterocycles. The van der Waals surface area contributed by atoms with Crippen LogP contribution in [0.1, 0.15) is 41.4 Å². The van der Waals surface area contributed by atoms with Gasteiger partial charge in [0.15, 0.2) is 0 Å². The first-order chi connectivity index (χ1) is 9.93. The molecule has 0 aliphatic carbocycles. The summed E-state index contributed by atoms with van der Waals surface area (Å²) in [7, 11) is 0. The molecule has 4 heteroatoms. The molecule has 0 bridgehead atoms. The zero-order valence-corrected chi connectivity index (χ0v) is 14.0. The Labute approximate surface area is 131 Å². The molecule has 0 N–H and O–H groups in total. The van der Waals surface area contributed by atoms with Gasteiger partial charge >= 0.3 is 0 Å². The fourth-order valence-electron chi connectivity index (χ4n) is 2.13. The van der Waals surface area contributed by atoms with Crippen molar-refractivity contribution in [1.82, 2.24) is 9.97 Å². The van der Waals surface area contributed by atoms with Gasteiger partial charge in [-0.15, -0.1) is 0 Å². The van der Waals surface area contributed by atoms with Gasteiger partial charge in [-0.05, 0) is 50.8 Å². The molecule has 0 aliphatic rings. The van der Waals surface area contributed by atoms with Gasteiger partial charge in [0, 0.05) is 12.0 Å². The molecule has 0 unspecified atom stereocenters. The number of nitrogens with zero attached hydrogens (tertiary/aromatic N) is 2. The SMILES string of the molecule is CCCc1nc(Cl)c(C)c(Oc2c(C)ccc(C)c2C)n1. The lowest BCUT2D eigenvalue weighted by Gasteiger charge is -2.15. The molecule has 0 amide bonds. The van der Waals surface area contributed by atoms with Crippen LogP contribution in [0.3, 0.4) is 0 Å². The van der Waals surface area contributed by atoms with E-state index in [0.717, 1.165) is 41.1 Å². The molecule has 1 heterocycles. The van der Waals surface area contributed by atoms with Gasteiger partial charge in [0.2, 0.25) is 5.88 Å². The number of halogens is 1. The molecule has 0 saturated heterocycles. The number of hydrogen-bond acceptors (Lipinski definition) is 3. The second kappa shape index (κ2) is 6.44. The third-order valence-electron chi connectivity index (χ3n) is 3.63. The molecular formula is C17H21ClN2O. The number of ether oxygens (including phenoxy) is 1. The van der Waals surface area contributed by atoms with Gasteiger partial charge in [-0.1, -0.05) is 30.7 Å². The van der Waals surface area contributed by atoms with Crippen LogP contribution in [0.4, 0.5) is 0 Å². The van der Waals surface area contributed by atoms with E-state index in [0.29, 0.717) is 11.0 Å². The zero-order chi connectivity index (χ0) is 15.6. The summed E-state index contributed by atoms with van der Waals surface area (Å²) < 4.78 is 6.08. The highest BCUT2D eigenvalue weighted by Gasteiger charge is 2.14. The normalized spacial score (nSPS) is 10.8. The monoisotopic (exact) mass is 304 g/mol. The van der Waals surface area contributed by atoms with E-state index in [1.165, 1.54) is 5.56 Å². The van der Waals surface area contributed by atoms with E-state index in [1.807, 2.05) is 13.8 Å². The maximum Gasteiger partial charge on any atom is 0.227 e. The van der Waals surface area contributed by atoms with Gasteiger partial charge in [0.05, 0.1) is 0 Å². The largest absolute Gasteiger partial charge is 0.438 e. The van der Waals surface area contributed by atoms with Crippen LogP contribution in [0.5, 0.6) is 11.6 Å². The predicted molar refractivity (Wildman–Crippen MR) is 86.5 cm³/mol. The van der Waals surface area contributed by atoms with Crippen molar-refractivity contribution in [3.63, 3.8) is 0 Å². The Bertz CT molecular complexity index is 668. The Morgan fingerprint density at radius 2 is 1.67 bits per heavy atom. The van der Waals surface area contributed by atoms with Crippen LogP contribution >= 0.6 is 11.6 Å². The maximum absolute atomic E-state index is 6.20. The van der Waals surface area contributed by atoms with E-state index in [9.17, 15) is 0 Å². The molecule has 0 atom stereocenters. The van der Waals surface area contributed by atoms with Gasteiger partial charge in [-0.3, -0.25) is 0 Å². The number of rotatable bonds is 4. The van der Waals surface area contributed by atoms with E-state index in [4.69, 9.17) is 16.3 Å².